The maximum Gasteiger partial charge on any atom is 0.243 e. The van der Waals surface area contributed by atoms with Crippen LogP contribution in [0.5, 0.6) is 5.75 Å². The van der Waals surface area contributed by atoms with Gasteiger partial charge in [-0.05, 0) is 31.0 Å². The number of phenolic OH excluding ortho intramolecular Hbond substituents is 1. The number of benzene rings is 1. The van der Waals surface area contributed by atoms with Gasteiger partial charge < -0.3 is 15.4 Å². The lowest BCUT2D eigenvalue weighted by molar-refractivity contribution is 0.351. The Morgan fingerprint density at radius 1 is 1.38 bits per heavy atom. The van der Waals surface area contributed by atoms with Gasteiger partial charge in [-0.15, -0.1) is 0 Å². The Bertz CT molecular complexity index is 464. The Morgan fingerprint density at radius 2 is 2.06 bits per heavy atom. The molecule has 5 heteroatoms. The first-order chi connectivity index (χ1) is 7.65. The van der Waals surface area contributed by atoms with Gasteiger partial charge in [0.1, 0.15) is 5.75 Å². The fourth-order valence-corrected chi connectivity index (χ4v) is 1.44. The molecule has 0 aliphatic rings. The largest absolute Gasteiger partial charge is 0.508 e. The quantitative estimate of drug-likeness (QED) is 0.813. The minimum Gasteiger partial charge on any atom is -0.508 e. The van der Waals surface area contributed by atoms with Crippen LogP contribution in [0, 0.1) is 6.92 Å². The Kier molecular flexibility index (Phi) is 2.87. The highest BCUT2D eigenvalue weighted by Gasteiger charge is 2.13. The van der Waals surface area contributed by atoms with Gasteiger partial charge in [-0.1, -0.05) is 17.3 Å². The number of aromatic hydroxyl groups is 1. The van der Waals surface area contributed by atoms with Crippen LogP contribution in [-0.4, -0.2) is 15.2 Å². The first-order valence-corrected chi connectivity index (χ1v) is 4.99. The summed E-state index contributed by atoms with van der Waals surface area (Å²) in [5.74, 6) is 1.26. The molecule has 0 saturated heterocycles. The normalized spacial score (nSPS) is 12.6. The van der Waals surface area contributed by atoms with Gasteiger partial charge in [-0.3, -0.25) is 0 Å². The molecule has 84 valence electrons. The zero-order valence-corrected chi connectivity index (χ0v) is 8.92. The molecule has 1 atom stereocenters. The summed E-state index contributed by atoms with van der Waals surface area (Å²) < 4.78 is 4.99. The van der Waals surface area contributed by atoms with E-state index in [1.807, 2.05) is 12.1 Å². The lowest BCUT2D eigenvalue weighted by Gasteiger charge is -2.06. The van der Waals surface area contributed by atoms with Crippen LogP contribution in [-0.2, 0) is 6.42 Å². The van der Waals surface area contributed by atoms with Crippen LogP contribution in [0.25, 0.3) is 0 Å². The average molecular weight is 219 g/mol. The minimum atomic E-state index is -0.314. The van der Waals surface area contributed by atoms with Crippen molar-refractivity contribution in [2.45, 2.75) is 19.4 Å². The molecule has 1 aromatic heterocycles. The van der Waals surface area contributed by atoms with E-state index in [-0.39, 0.29) is 11.8 Å². The number of aryl methyl sites for hydroxylation is 1. The summed E-state index contributed by atoms with van der Waals surface area (Å²) in [4.78, 5) is 4.07. The van der Waals surface area contributed by atoms with Crippen molar-refractivity contribution >= 4 is 0 Å². The highest BCUT2D eigenvalue weighted by molar-refractivity contribution is 5.26. The first kappa shape index (κ1) is 10.6. The molecular weight excluding hydrogens is 206 g/mol. The second kappa shape index (κ2) is 4.32. The fourth-order valence-electron chi connectivity index (χ4n) is 1.44. The summed E-state index contributed by atoms with van der Waals surface area (Å²) in [6, 6.07) is 6.57. The van der Waals surface area contributed by atoms with Gasteiger partial charge in [0, 0.05) is 0 Å². The van der Waals surface area contributed by atoms with Crippen molar-refractivity contribution in [3.63, 3.8) is 0 Å². The van der Waals surface area contributed by atoms with Crippen molar-refractivity contribution in [2.24, 2.45) is 5.73 Å². The van der Waals surface area contributed by atoms with Crippen molar-refractivity contribution in [2.75, 3.05) is 0 Å². The third-order valence-corrected chi connectivity index (χ3v) is 2.25. The Morgan fingerprint density at radius 3 is 2.62 bits per heavy atom. The van der Waals surface area contributed by atoms with Crippen molar-refractivity contribution in [1.29, 1.82) is 0 Å². The topological polar surface area (TPSA) is 85.2 Å². The van der Waals surface area contributed by atoms with E-state index >= 15 is 0 Å². The molecule has 0 bridgehead atoms. The van der Waals surface area contributed by atoms with Crippen LogP contribution in [0.3, 0.4) is 0 Å². The molecule has 2 aromatic rings. The van der Waals surface area contributed by atoms with Gasteiger partial charge in [0.05, 0.1) is 6.04 Å². The van der Waals surface area contributed by atoms with Crippen molar-refractivity contribution in [3.05, 3.63) is 41.5 Å². The second-order valence-electron chi connectivity index (χ2n) is 3.66. The number of phenols is 1. The Hall–Kier alpha value is -1.88. The molecule has 1 aromatic carbocycles. The van der Waals surface area contributed by atoms with E-state index in [1.165, 1.54) is 0 Å². The van der Waals surface area contributed by atoms with Gasteiger partial charge in [-0.25, -0.2) is 0 Å². The molecule has 0 amide bonds. The van der Waals surface area contributed by atoms with E-state index in [4.69, 9.17) is 15.4 Å². The van der Waals surface area contributed by atoms with E-state index in [9.17, 15) is 0 Å². The molecule has 3 N–H and O–H groups in total. The van der Waals surface area contributed by atoms with E-state index < -0.39 is 0 Å². The number of aromatic nitrogens is 2. The summed E-state index contributed by atoms with van der Waals surface area (Å²) in [7, 11) is 0. The van der Waals surface area contributed by atoms with E-state index in [1.54, 1.807) is 19.1 Å². The van der Waals surface area contributed by atoms with Gasteiger partial charge in [-0.2, -0.15) is 4.98 Å². The zero-order chi connectivity index (χ0) is 11.5. The predicted octanol–water partition coefficient (Wildman–Crippen LogP) is 1.33. The molecule has 0 saturated carbocycles. The third kappa shape index (κ3) is 2.38. The molecule has 0 aliphatic carbocycles. The van der Waals surface area contributed by atoms with Gasteiger partial charge in [0.25, 0.3) is 0 Å². The lowest BCUT2D eigenvalue weighted by Crippen LogP contribution is -2.13. The Balaban J connectivity index is 2.07. The maximum absolute atomic E-state index is 9.14. The molecule has 0 spiro atoms. The standard InChI is InChI=1S/C11H13N3O2/c1-7-13-11(16-14-7)10(12)6-8-2-4-9(15)5-3-8/h2-5,10,15H,6,12H2,1H3. The van der Waals surface area contributed by atoms with E-state index in [2.05, 4.69) is 10.1 Å². The van der Waals surface area contributed by atoms with Crippen LogP contribution in [0.2, 0.25) is 0 Å². The smallest absolute Gasteiger partial charge is 0.243 e. The second-order valence-corrected chi connectivity index (χ2v) is 3.66. The summed E-state index contributed by atoms with van der Waals surface area (Å²) >= 11 is 0. The molecule has 5 nitrogen and oxygen atoms in total. The van der Waals surface area contributed by atoms with Crippen LogP contribution in [0.4, 0.5) is 0 Å². The van der Waals surface area contributed by atoms with Crippen LogP contribution >= 0.6 is 0 Å². The molecule has 0 fully saturated rings. The molecule has 2 rings (SSSR count). The predicted molar refractivity (Wildman–Crippen MR) is 57.8 cm³/mol. The molecule has 0 radical (unpaired) electrons. The summed E-state index contributed by atoms with van der Waals surface area (Å²) in [5.41, 5.74) is 6.93. The van der Waals surface area contributed by atoms with Gasteiger partial charge in [0.2, 0.25) is 5.89 Å². The van der Waals surface area contributed by atoms with Crippen LogP contribution in [0.1, 0.15) is 23.3 Å². The monoisotopic (exact) mass is 219 g/mol. The minimum absolute atomic E-state index is 0.242. The van der Waals surface area contributed by atoms with Gasteiger partial charge >= 0.3 is 0 Å². The maximum atomic E-state index is 9.14. The number of hydrogen-bond donors (Lipinski definition) is 2. The highest BCUT2D eigenvalue weighted by Crippen LogP contribution is 2.16. The Labute approximate surface area is 92.9 Å². The molecule has 0 aliphatic heterocycles. The first-order valence-electron chi connectivity index (χ1n) is 4.99. The summed E-state index contributed by atoms with van der Waals surface area (Å²) in [6.45, 7) is 1.75. The zero-order valence-electron chi connectivity index (χ0n) is 8.92. The summed E-state index contributed by atoms with van der Waals surface area (Å²) in [5, 5.41) is 12.8. The van der Waals surface area contributed by atoms with Crippen molar-refractivity contribution in [3.8, 4) is 5.75 Å². The average Bonchev–Trinajstić information content (AvgIpc) is 2.68. The molecular formula is C11H13N3O2. The number of nitrogens with zero attached hydrogens (tertiary/aromatic N) is 2. The highest BCUT2D eigenvalue weighted by atomic mass is 16.5. The van der Waals surface area contributed by atoms with Crippen LogP contribution in [0.15, 0.2) is 28.8 Å². The number of nitrogens with two attached hydrogens (primary N) is 1. The van der Waals surface area contributed by atoms with E-state index in [0.717, 1.165) is 5.56 Å². The molecule has 1 unspecified atom stereocenters. The summed E-state index contributed by atoms with van der Waals surface area (Å²) in [6.07, 6.45) is 0.599. The lowest BCUT2D eigenvalue weighted by atomic mass is 10.1. The molecule has 1 heterocycles. The number of rotatable bonds is 3. The molecule has 16 heavy (non-hydrogen) atoms. The SMILES string of the molecule is Cc1noc(C(N)Cc2ccc(O)cc2)n1. The van der Waals surface area contributed by atoms with Gasteiger partial charge in [0.15, 0.2) is 5.82 Å². The fraction of sp³-hybridized carbons (Fsp3) is 0.273. The third-order valence-electron chi connectivity index (χ3n) is 2.25. The van der Waals surface area contributed by atoms with Crippen LogP contribution < -0.4 is 5.73 Å². The van der Waals surface area contributed by atoms with Crippen molar-refractivity contribution in [1.82, 2.24) is 10.1 Å². The number of hydrogen-bond acceptors (Lipinski definition) is 5. The van der Waals surface area contributed by atoms with Crippen molar-refractivity contribution < 1.29 is 9.63 Å². The van der Waals surface area contributed by atoms with E-state index in [0.29, 0.717) is 18.1 Å².